The predicted molar refractivity (Wildman–Crippen MR) is 106 cm³/mol. The van der Waals surface area contributed by atoms with Crippen LogP contribution in [0.4, 0.5) is 0 Å². The number of aryl methyl sites for hydroxylation is 1. The number of imide groups is 1. The van der Waals surface area contributed by atoms with E-state index in [-0.39, 0.29) is 11.8 Å². The Morgan fingerprint density at radius 1 is 1.15 bits per heavy atom. The van der Waals surface area contributed by atoms with Crippen LogP contribution in [0, 0.1) is 12.8 Å². The molecule has 0 N–H and O–H groups in total. The molecule has 5 heteroatoms. The summed E-state index contributed by atoms with van der Waals surface area (Å²) in [6.07, 6.45) is 2.89. The molecule has 0 bridgehead atoms. The van der Waals surface area contributed by atoms with Crippen molar-refractivity contribution in [1.82, 2.24) is 9.80 Å². The monoisotopic (exact) mass is 370 g/mol. The highest BCUT2D eigenvalue weighted by atomic mass is 16.5. The summed E-state index contributed by atoms with van der Waals surface area (Å²) in [7, 11) is 0. The van der Waals surface area contributed by atoms with E-state index in [2.05, 4.69) is 11.8 Å². The van der Waals surface area contributed by atoms with Crippen LogP contribution >= 0.6 is 0 Å². The van der Waals surface area contributed by atoms with Gasteiger partial charge in [0.25, 0.3) is 11.8 Å². The van der Waals surface area contributed by atoms with Gasteiger partial charge >= 0.3 is 0 Å². The second-order valence-corrected chi connectivity index (χ2v) is 7.60. The minimum Gasteiger partial charge on any atom is -0.382 e. The van der Waals surface area contributed by atoms with Crippen LogP contribution in [0.1, 0.15) is 44.2 Å². The molecular weight excluding hydrogens is 340 g/mol. The van der Waals surface area contributed by atoms with Crippen molar-refractivity contribution < 1.29 is 14.3 Å². The summed E-state index contributed by atoms with van der Waals surface area (Å²) < 4.78 is 5.37. The van der Waals surface area contributed by atoms with Gasteiger partial charge in [0.2, 0.25) is 0 Å². The predicted octanol–water partition coefficient (Wildman–Crippen LogP) is 3.23. The summed E-state index contributed by atoms with van der Waals surface area (Å²) in [6, 6.07) is 7.89. The summed E-state index contributed by atoms with van der Waals surface area (Å²) in [6.45, 7) is 9.44. The molecule has 1 saturated heterocycles. The number of amides is 2. The van der Waals surface area contributed by atoms with E-state index in [9.17, 15) is 9.59 Å². The van der Waals surface area contributed by atoms with Gasteiger partial charge in [-0.15, -0.1) is 0 Å². The molecule has 1 aromatic carbocycles. The largest absolute Gasteiger partial charge is 0.382 e. The van der Waals surface area contributed by atoms with Crippen LogP contribution in [0.2, 0.25) is 0 Å². The van der Waals surface area contributed by atoms with E-state index in [4.69, 9.17) is 4.74 Å². The normalized spacial score (nSPS) is 20.8. The number of nitrogens with zero attached hydrogens (tertiary/aromatic N) is 2. The zero-order chi connectivity index (χ0) is 19.4. The molecule has 27 heavy (non-hydrogen) atoms. The number of rotatable bonds is 7. The molecule has 146 valence electrons. The van der Waals surface area contributed by atoms with Gasteiger partial charge in [-0.2, -0.15) is 0 Å². The second kappa shape index (κ2) is 8.70. The smallest absolute Gasteiger partial charge is 0.277 e. The van der Waals surface area contributed by atoms with E-state index in [1.807, 2.05) is 38.1 Å². The highest BCUT2D eigenvalue weighted by molar-refractivity contribution is 6.35. The Bertz CT molecular complexity index is 724. The molecule has 1 atom stereocenters. The van der Waals surface area contributed by atoms with Crippen molar-refractivity contribution in [2.45, 2.75) is 40.0 Å². The third-order valence-electron chi connectivity index (χ3n) is 5.33. The third kappa shape index (κ3) is 4.24. The summed E-state index contributed by atoms with van der Waals surface area (Å²) in [4.78, 5) is 29.9. The average molecular weight is 370 g/mol. The van der Waals surface area contributed by atoms with Crippen molar-refractivity contribution in [1.29, 1.82) is 0 Å². The molecule has 5 nitrogen and oxygen atoms in total. The first-order chi connectivity index (χ1) is 13.0. The summed E-state index contributed by atoms with van der Waals surface area (Å²) in [5, 5.41) is 0. The maximum atomic E-state index is 13.2. The van der Waals surface area contributed by atoms with Gasteiger partial charge in [0, 0.05) is 32.8 Å². The van der Waals surface area contributed by atoms with Crippen LogP contribution in [-0.4, -0.2) is 54.5 Å². The number of ether oxygens (including phenoxy) is 1. The van der Waals surface area contributed by atoms with Crippen molar-refractivity contribution in [3.63, 3.8) is 0 Å². The van der Waals surface area contributed by atoms with E-state index in [1.165, 1.54) is 11.3 Å². The van der Waals surface area contributed by atoms with Crippen molar-refractivity contribution >= 4 is 17.4 Å². The molecule has 3 rings (SSSR count). The molecule has 2 amide bonds. The van der Waals surface area contributed by atoms with Crippen LogP contribution in [0.3, 0.4) is 0 Å². The molecule has 0 spiro atoms. The number of carbonyl (C=O) groups is 2. The SMILES string of the molecule is CCOCCCN1C(=O)C(c2ccc(C)cc2)=C(N2CCCC(C)C2)C1=O. The average Bonchev–Trinajstić information content (AvgIpc) is 2.90. The quantitative estimate of drug-likeness (QED) is 0.546. The molecule has 2 heterocycles. The number of carbonyl (C=O) groups excluding carboxylic acids is 2. The molecule has 0 saturated carbocycles. The van der Waals surface area contributed by atoms with Gasteiger partial charge in [-0.1, -0.05) is 36.8 Å². The first-order valence-electron chi connectivity index (χ1n) is 10.0. The van der Waals surface area contributed by atoms with Crippen LogP contribution in [-0.2, 0) is 14.3 Å². The highest BCUT2D eigenvalue weighted by Crippen LogP contribution is 2.34. The molecule has 0 radical (unpaired) electrons. The summed E-state index contributed by atoms with van der Waals surface area (Å²) >= 11 is 0. The maximum absolute atomic E-state index is 13.2. The number of benzene rings is 1. The van der Waals surface area contributed by atoms with E-state index in [0.29, 0.717) is 43.4 Å². The Labute approximate surface area is 162 Å². The van der Waals surface area contributed by atoms with Crippen molar-refractivity contribution in [2.75, 3.05) is 32.8 Å². The highest BCUT2D eigenvalue weighted by Gasteiger charge is 2.41. The zero-order valence-corrected chi connectivity index (χ0v) is 16.7. The van der Waals surface area contributed by atoms with Gasteiger partial charge in [-0.3, -0.25) is 14.5 Å². The molecule has 1 unspecified atom stereocenters. The van der Waals surface area contributed by atoms with E-state index >= 15 is 0 Å². The van der Waals surface area contributed by atoms with Crippen LogP contribution in [0.25, 0.3) is 5.57 Å². The van der Waals surface area contributed by atoms with Gasteiger partial charge in [0.05, 0.1) is 5.57 Å². The minimum absolute atomic E-state index is 0.152. The lowest BCUT2D eigenvalue weighted by Gasteiger charge is -2.33. The van der Waals surface area contributed by atoms with Crippen LogP contribution in [0.15, 0.2) is 30.0 Å². The Morgan fingerprint density at radius 2 is 1.89 bits per heavy atom. The topological polar surface area (TPSA) is 49.9 Å². The first-order valence-corrected chi connectivity index (χ1v) is 10.0. The Morgan fingerprint density at radius 3 is 2.56 bits per heavy atom. The molecule has 1 aromatic rings. The lowest BCUT2D eigenvalue weighted by Crippen LogP contribution is -2.39. The molecule has 0 aliphatic carbocycles. The molecule has 2 aliphatic heterocycles. The fourth-order valence-corrected chi connectivity index (χ4v) is 3.90. The van der Waals surface area contributed by atoms with Crippen LogP contribution < -0.4 is 0 Å². The molecule has 2 aliphatic rings. The van der Waals surface area contributed by atoms with Gasteiger partial charge in [0.1, 0.15) is 5.70 Å². The number of piperidine rings is 1. The van der Waals surface area contributed by atoms with Gasteiger partial charge < -0.3 is 9.64 Å². The Balaban J connectivity index is 1.92. The number of hydrogen-bond acceptors (Lipinski definition) is 4. The van der Waals surface area contributed by atoms with Crippen molar-refractivity contribution in [2.24, 2.45) is 5.92 Å². The summed E-state index contributed by atoms with van der Waals surface area (Å²) in [5.41, 5.74) is 3.12. The van der Waals surface area contributed by atoms with Crippen molar-refractivity contribution in [3.8, 4) is 0 Å². The second-order valence-electron chi connectivity index (χ2n) is 7.60. The first kappa shape index (κ1) is 19.6. The van der Waals surface area contributed by atoms with Crippen molar-refractivity contribution in [3.05, 3.63) is 41.1 Å². The fourth-order valence-electron chi connectivity index (χ4n) is 3.90. The van der Waals surface area contributed by atoms with Gasteiger partial charge in [0.15, 0.2) is 0 Å². The maximum Gasteiger partial charge on any atom is 0.277 e. The van der Waals surface area contributed by atoms with Gasteiger partial charge in [-0.25, -0.2) is 0 Å². The zero-order valence-electron chi connectivity index (χ0n) is 16.7. The lowest BCUT2D eigenvalue weighted by molar-refractivity contribution is -0.137. The number of likely N-dealkylation sites (tertiary alicyclic amines) is 1. The molecule has 1 fully saturated rings. The van der Waals surface area contributed by atoms with Crippen LogP contribution in [0.5, 0.6) is 0 Å². The fraction of sp³-hybridized carbons (Fsp3) is 0.545. The Kier molecular flexibility index (Phi) is 6.32. The molecule has 0 aromatic heterocycles. The summed E-state index contributed by atoms with van der Waals surface area (Å²) in [5.74, 6) is 0.204. The van der Waals surface area contributed by atoms with E-state index in [1.54, 1.807) is 0 Å². The standard InChI is InChI=1S/C22H30N2O3/c1-4-27-14-6-13-24-21(25)19(18-10-8-16(2)9-11-18)20(22(24)26)23-12-5-7-17(3)15-23/h8-11,17H,4-7,12-15H2,1-3H3. The Hall–Kier alpha value is -2.14. The van der Waals surface area contributed by atoms with E-state index < -0.39 is 0 Å². The molecular formula is C22H30N2O3. The lowest BCUT2D eigenvalue weighted by atomic mass is 9.97. The minimum atomic E-state index is -0.173. The number of hydrogen-bond donors (Lipinski definition) is 0. The third-order valence-corrected chi connectivity index (χ3v) is 5.33. The van der Waals surface area contributed by atoms with E-state index in [0.717, 1.165) is 30.6 Å². The van der Waals surface area contributed by atoms with Gasteiger partial charge in [-0.05, 0) is 44.6 Å².